The maximum atomic E-state index is 11.5. The Balaban J connectivity index is 2.20. The highest BCUT2D eigenvalue weighted by molar-refractivity contribution is 5.83. The molecule has 0 atom stereocenters. The molecule has 0 aliphatic heterocycles. The summed E-state index contributed by atoms with van der Waals surface area (Å²) in [4.78, 5) is 22.6. The van der Waals surface area contributed by atoms with Crippen molar-refractivity contribution in [1.82, 2.24) is 0 Å². The van der Waals surface area contributed by atoms with Crippen LogP contribution in [0.4, 0.5) is 0 Å². The summed E-state index contributed by atoms with van der Waals surface area (Å²) in [5.74, 6) is -0.178. The molecule has 0 amide bonds. The summed E-state index contributed by atoms with van der Waals surface area (Å²) in [6.45, 7) is 2.13. The number of rotatable bonds is 7. The summed E-state index contributed by atoms with van der Waals surface area (Å²) in [5.41, 5.74) is 1.15. The van der Waals surface area contributed by atoms with Gasteiger partial charge in [-0.2, -0.15) is 0 Å². The van der Waals surface area contributed by atoms with Crippen LogP contribution in [0.15, 0.2) is 30.3 Å². The fraction of sp³-hybridized carbons (Fsp3) is 0.429. The van der Waals surface area contributed by atoms with Gasteiger partial charge in [0.25, 0.3) is 0 Å². The molecule has 0 saturated carbocycles. The molecule has 17 heavy (non-hydrogen) atoms. The van der Waals surface area contributed by atoms with Gasteiger partial charge in [-0.25, -0.2) is 0 Å². The third-order valence-corrected chi connectivity index (χ3v) is 2.45. The highest BCUT2D eigenvalue weighted by atomic mass is 16.5. The zero-order valence-electron chi connectivity index (χ0n) is 10.1. The summed E-state index contributed by atoms with van der Waals surface area (Å²) in [5, 5.41) is 0. The lowest BCUT2D eigenvalue weighted by Gasteiger charge is -2.02. The van der Waals surface area contributed by atoms with Gasteiger partial charge in [0.1, 0.15) is 5.78 Å². The normalized spacial score (nSPS) is 9.94. The van der Waals surface area contributed by atoms with E-state index in [1.807, 2.05) is 30.3 Å². The lowest BCUT2D eigenvalue weighted by atomic mass is 10.1. The number of hydrogen-bond donors (Lipinski definition) is 0. The van der Waals surface area contributed by atoms with Crippen molar-refractivity contribution in [3.8, 4) is 0 Å². The Labute approximate surface area is 102 Å². The van der Waals surface area contributed by atoms with Gasteiger partial charge in [-0.15, -0.1) is 0 Å². The highest BCUT2D eigenvalue weighted by Crippen LogP contribution is 2.05. The lowest BCUT2D eigenvalue weighted by molar-refractivity contribution is -0.144. The van der Waals surface area contributed by atoms with Crippen LogP contribution in [0.25, 0.3) is 0 Å². The summed E-state index contributed by atoms with van der Waals surface area (Å²) in [7, 11) is 0. The van der Waals surface area contributed by atoms with Gasteiger partial charge in [-0.3, -0.25) is 9.59 Å². The maximum absolute atomic E-state index is 11.5. The fourth-order valence-corrected chi connectivity index (χ4v) is 1.53. The van der Waals surface area contributed by atoms with E-state index in [9.17, 15) is 9.59 Å². The van der Waals surface area contributed by atoms with Gasteiger partial charge < -0.3 is 4.74 Å². The van der Waals surface area contributed by atoms with E-state index in [0.717, 1.165) is 12.0 Å². The molecule has 0 aliphatic carbocycles. The van der Waals surface area contributed by atoms with E-state index in [0.29, 0.717) is 13.0 Å². The predicted octanol–water partition coefficient (Wildman–Crippen LogP) is 2.53. The first-order valence-corrected chi connectivity index (χ1v) is 5.93. The van der Waals surface area contributed by atoms with Gasteiger partial charge in [-0.1, -0.05) is 30.3 Å². The quantitative estimate of drug-likeness (QED) is 0.681. The van der Waals surface area contributed by atoms with Gasteiger partial charge in [-0.05, 0) is 18.9 Å². The number of ketones is 1. The van der Waals surface area contributed by atoms with E-state index >= 15 is 0 Å². The van der Waals surface area contributed by atoms with Crippen LogP contribution >= 0.6 is 0 Å². The van der Waals surface area contributed by atoms with Crippen molar-refractivity contribution >= 4 is 11.8 Å². The average Bonchev–Trinajstić information content (AvgIpc) is 2.35. The van der Waals surface area contributed by atoms with Gasteiger partial charge in [0.2, 0.25) is 0 Å². The third kappa shape index (κ3) is 5.85. The van der Waals surface area contributed by atoms with E-state index in [2.05, 4.69) is 0 Å². The van der Waals surface area contributed by atoms with Crippen LogP contribution in [0.3, 0.4) is 0 Å². The van der Waals surface area contributed by atoms with Crippen LogP contribution in [0.1, 0.15) is 31.7 Å². The highest BCUT2D eigenvalue weighted by Gasteiger charge is 2.07. The molecule has 1 rings (SSSR count). The van der Waals surface area contributed by atoms with Crippen LogP contribution in [0, 0.1) is 0 Å². The largest absolute Gasteiger partial charge is 0.466 e. The molecule has 0 radical (unpaired) electrons. The molecule has 0 aromatic heterocycles. The van der Waals surface area contributed by atoms with Crippen molar-refractivity contribution in [2.45, 2.75) is 32.6 Å². The molecule has 0 heterocycles. The molecule has 92 valence electrons. The number of hydrogen-bond acceptors (Lipinski definition) is 3. The zero-order chi connectivity index (χ0) is 12.5. The molecular weight excluding hydrogens is 216 g/mol. The molecule has 3 heteroatoms. The zero-order valence-corrected chi connectivity index (χ0v) is 10.1. The number of benzene rings is 1. The van der Waals surface area contributed by atoms with Crippen LogP contribution in [0.2, 0.25) is 0 Å². The molecule has 0 fully saturated rings. The molecule has 0 spiro atoms. The van der Waals surface area contributed by atoms with E-state index in [1.54, 1.807) is 6.92 Å². The molecule has 0 unspecified atom stereocenters. The second kappa shape index (κ2) is 7.60. The smallest absolute Gasteiger partial charge is 0.306 e. The Morgan fingerprint density at radius 1 is 1.06 bits per heavy atom. The minimum Gasteiger partial charge on any atom is -0.466 e. The van der Waals surface area contributed by atoms with Crippen LogP contribution < -0.4 is 0 Å². The van der Waals surface area contributed by atoms with Crippen molar-refractivity contribution in [3.63, 3.8) is 0 Å². The summed E-state index contributed by atoms with van der Waals surface area (Å²) in [6.07, 6.45) is 1.71. The van der Waals surface area contributed by atoms with Gasteiger partial charge in [0.05, 0.1) is 13.0 Å². The summed E-state index contributed by atoms with van der Waals surface area (Å²) in [6, 6.07) is 9.86. The molecule has 0 bridgehead atoms. The number of ether oxygens (including phenoxy) is 1. The number of carbonyl (C=O) groups is 2. The Kier molecular flexibility index (Phi) is 6.00. The molecule has 1 aromatic carbocycles. The van der Waals surface area contributed by atoms with E-state index in [4.69, 9.17) is 4.74 Å². The second-order valence-corrected chi connectivity index (χ2v) is 3.83. The third-order valence-electron chi connectivity index (χ3n) is 2.45. The minimum atomic E-state index is -0.291. The average molecular weight is 234 g/mol. The predicted molar refractivity (Wildman–Crippen MR) is 65.6 cm³/mol. The number of carbonyl (C=O) groups excluding carboxylic acids is 2. The monoisotopic (exact) mass is 234 g/mol. The molecule has 3 nitrogen and oxygen atoms in total. The van der Waals surface area contributed by atoms with Gasteiger partial charge in [0.15, 0.2) is 0 Å². The van der Waals surface area contributed by atoms with Gasteiger partial charge >= 0.3 is 5.97 Å². The second-order valence-electron chi connectivity index (χ2n) is 3.83. The molecular formula is C14H18O3. The molecule has 0 aliphatic rings. The lowest BCUT2D eigenvalue weighted by Crippen LogP contribution is -2.08. The van der Waals surface area contributed by atoms with Crippen molar-refractivity contribution in [3.05, 3.63) is 35.9 Å². The topological polar surface area (TPSA) is 43.4 Å². The van der Waals surface area contributed by atoms with Crippen LogP contribution in [0.5, 0.6) is 0 Å². The Morgan fingerprint density at radius 3 is 2.41 bits per heavy atom. The van der Waals surface area contributed by atoms with Crippen molar-refractivity contribution < 1.29 is 14.3 Å². The molecule has 0 saturated heterocycles. The van der Waals surface area contributed by atoms with Crippen LogP contribution in [-0.4, -0.2) is 18.4 Å². The molecule has 1 aromatic rings. The Morgan fingerprint density at radius 2 is 1.76 bits per heavy atom. The molecule has 0 N–H and O–H groups in total. The van der Waals surface area contributed by atoms with Crippen molar-refractivity contribution in [1.29, 1.82) is 0 Å². The van der Waals surface area contributed by atoms with Crippen LogP contribution in [-0.2, 0) is 20.7 Å². The number of aryl methyl sites for hydroxylation is 1. The standard InChI is InChI=1S/C14H18O3/c1-2-17-14(16)11-10-13(15)9-8-12-6-4-3-5-7-12/h3-7H,2,8-11H2,1H3. The minimum absolute atomic E-state index is 0.113. The summed E-state index contributed by atoms with van der Waals surface area (Å²) >= 11 is 0. The first-order chi connectivity index (χ1) is 8.22. The SMILES string of the molecule is CCOC(=O)CCC(=O)CCc1ccccc1. The maximum Gasteiger partial charge on any atom is 0.306 e. The number of esters is 1. The fourth-order valence-electron chi connectivity index (χ4n) is 1.53. The Hall–Kier alpha value is -1.64. The van der Waals surface area contributed by atoms with E-state index in [-0.39, 0.29) is 24.6 Å². The Bertz CT molecular complexity index is 357. The van der Waals surface area contributed by atoms with Crippen molar-refractivity contribution in [2.75, 3.05) is 6.61 Å². The summed E-state index contributed by atoms with van der Waals surface area (Å²) < 4.78 is 4.76. The van der Waals surface area contributed by atoms with E-state index < -0.39 is 0 Å². The first kappa shape index (κ1) is 13.4. The number of Topliss-reactive ketones (excluding diaryl/α,β-unsaturated/α-hetero) is 1. The van der Waals surface area contributed by atoms with Gasteiger partial charge in [0, 0.05) is 12.8 Å². The first-order valence-electron chi connectivity index (χ1n) is 5.93. The van der Waals surface area contributed by atoms with E-state index in [1.165, 1.54) is 0 Å². The van der Waals surface area contributed by atoms with Crippen molar-refractivity contribution in [2.24, 2.45) is 0 Å².